The molecule has 1 aromatic carbocycles. The maximum absolute atomic E-state index is 3.80. The Morgan fingerprint density at radius 3 is 2.60 bits per heavy atom. The number of nitrogens with zero attached hydrogens (tertiary/aromatic N) is 1. The van der Waals surface area contributed by atoms with E-state index in [0.29, 0.717) is 6.04 Å². The van der Waals surface area contributed by atoms with Crippen molar-refractivity contribution in [2.24, 2.45) is 11.8 Å². The Kier molecular flexibility index (Phi) is 4.42. The summed E-state index contributed by atoms with van der Waals surface area (Å²) < 4.78 is 0. The third-order valence-corrected chi connectivity index (χ3v) is 4.65. The molecule has 1 saturated carbocycles. The van der Waals surface area contributed by atoms with Gasteiger partial charge in [0, 0.05) is 25.7 Å². The summed E-state index contributed by atoms with van der Waals surface area (Å²) in [6.45, 7) is 9.36. The highest BCUT2D eigenvalue weighted by atomic mass is 15.2. The first-order valence-electron chi connectivity index (χ1n) is 8.20. The van der Waals surface area contributed by atoms with E-state index in [1.165, 1.54) is 50.0 Å². The van der Waals surface area contributed by atoms with Gasteiger partial charge in [0.1, 0.15) is 0 Å². The topological polar surface area (TPSA) is 15.3 Å². The van der Waals surface area contributed by atoms with E-state index in [-0.39, 0.29) is 0 Å². The highest BCUT2D eigenvalue weighted by molar-refractivity contribution is 5.21. The maximum Gasteiger partial charge on any atom is 0.0234 e. The van der Waals surface area contributed by atoms with Crippen LogP contribution in [-0.4, -0.2) is 30.6 Å². The van der Waals surface area contributed by atoms with E-state index in [4.69, 9.17) is 0 Å². The number of hydrogen-bond donors (Lipinski definition) is 1. The van der Waals surface area contributed by atoms with E-state index in [2.05, 4.69) is 48.3 Å². The van der Waals surface area contributed by atoms with Crippen LogP contribution in [0.3, 0.4) is 0 Å². The van der Waals surface area contributed by atoms with Gasteiger partial charge in [-0.2, -0.15) is 0 Å². The van der Waals surface area contributed by atoms with Gasteiger partial charge in [0.2, 0.25) is 0 Å². The van der Waals surface area contributed by atoms with Crippen LogP contribution in [0, 0.1) is 18.8 Å². The Morgan fingerprint density at radius 2 is 1.90 bits per heavy atom. The molecule has 2 fully saturated rings. The van der Waals surface area contributed by atoms with Crippen molar-refractivity contribution < 1.29 is 0 Å². The highest BCUT2D eigenvalue weighted by Gasteiger charge is 2.27. The molecule has 1 saturated heterocycles. The van der Waals surface area contributed by atoms with Gasteiger partial charge in [0.05, 0.1) is 0 Å². The number of likely N-dealkylation sites (tertiary alicyclic amines) is 1. The molecule has 20 heavy (non-hydrogen) atoms. The predicted molar refractivity (Wildman–Crippen MR) is 84.8 cm³/mol. The number of benzene rings is 1. The SMILES string of the molecule is Cc1ccc(CN2CC(C)CC(NCC3CC3)C2)cc1. The van der Waals surface area contributed by atoms with E-state index < -0.39 is 0 Å². The lowest BCUT2D eigenvalue weighted by molar-refractivity contribution is 0.142. The smallest absolute Gasteiger partial charge is 0.0234 e. The van der Waals surface area contributed by atoms with Crippen LogP contribution in [0.15, 0.2) is 24.3 Å². The van der Waals surface area contributed by atoms with E-state index in [1.807, 2.05) is 0 Å². The van der Waals surface area contributed by atoms with Gasteiger partial charge < -0.3 is 5.32 Å². The van der Waals surface area contributed by atoms with E-state index in [9.17, 15) is 0 Å². The molecule has 2 aliphatic rings. The molecule has 0 amide bonds. The fourth-order valence-corrected chi connectivity index (χ4v) is 3.35. The van der Waals surface area contributed by atoms with Crippen LogP contribution >= 0.6 is 0 Å². The largest absolute Gasteiger partial charge is 0.312 e. The van der Waals surface area contributed by atoms with Crippen LogP contribution in [0.5, 0.6) is 0 Å². The van der Waals surface area contributed by atoms with Crippen LogP contribution in [-0.2, 0) is 6.54 Å². The summed E-state index contributed by atoms with van der Waals surface area (Å²) in [4.78, 5) is 2.63. The fraction of sp³-hybridized carbons (Fsp3) is 0.667. The number of nitrogens with one attached hydrogen (secondary N) is 1. The van der Waals surface area contributed by atoms with Crippen LogP contribution in [0.25, 0.3) is 0 Å². The summed E-state index contributed by atoms with van der Waals surface area (Å²) in [5.41, 5.74) is 2.80. The second-order valence-electron chi connectivity index (χ2n) is 7.07. The average molecular weight is 272 g/mol. The lowest BCUT2D eigenvalue weighted by Crippen LogP contribution is -2.48. The van der Waals surface area contributed by atoms with Crippen molar-refractivity contribution in [3.8, 4) is 0 Å². The van der Waals surface area contributed by atoms with Gasteiger partial charge >= 0.3 is 0 Å². The second-order valence-corrected chi connectivity index (χ2v) is 7.07. The Labute approximate surface area is 123 Å². The van der Waals surface area contributed by atoms with E-state index in [1.54, 1.807) is 0 Å². The third-order valence-electron chi connectivity index (χ3n) is 4.65. The number of aryl methyl sites for hydroxylation is 1. The Morgan fingerprint density at radius 1 is 1.15 bits per heavy atom. The molecule has 1 aliphatic heterocycles. The van der Waals surface area contributed by atoms with E-state index in [0.717, 1.165) is 18.4 Å². The van der Waals surface area contributed by atoms with Crippen LogP contribution < -0.4 is 5.32 Å². The van der Waals surface area contributed by atoms with Crippen molar-refractivity contribution in [3.63, 3.8) is 0 Å². The lowest BCUT2D eigenvalue weighted by atomic mass is 9.95. The monoisotopic (exact) mass is 272 g/mol. The minimum Gasteiger partial charge on any atom is -0.312 e. The summed E-state index contributed by atoms with van der Waals surface area (Å²) in [6, 6.07) is 9.71. The molecule has 0 spiro atoms. The summed E-state index contributed by atoms with van der Waals surface area (Å²) >= 11 is 0. The fourth-order valence-electron chi connectivity index (χ4n) is 3.35. The molecule has 1 heterocycles. The van der Waals surface area contributed by atoms with Crippen LogP contribution in [0.2, 0.25) is 0 Å². The molecule has 2 nitrogen and oxygen atoms in total. The molecule has 1 N–H and O–H groups in total. The summed E-state index contributed by atoms with van der Waals surface area (Å²) in [5.74, 6) is 1.80. The first-order chi connectivity index (χ1) is 9.69. The number of hydrogen-bond acceptors (Lipinski definition) is 2. The Bertz CT molecular complexity index is 422. The molecule has 0 radical (unpaired) electrons. The first kappa shape index (κ1) is 14.1. The molecule has 110 valence electrons. The first-order valence-corrected chi connectivity index (χ1v) is 8.20. The van der Waals surface area contributed by atoms with Crippen LogP contribution in [0.4, 0.5) is 0 Å². The third kappa shape index (κ3) is 4.07. The molecule has 3 rings (SSSR count). The van der Waals surface area contributed by atoms with Gasteiger partial charge in [-0.15, -0.1) is 0 Å². The molecule has 0 bridgehead atoms. The average Bonchev–Trinajstić information content (AvgIpc) is 3.23. The van der Waals surface area contributed by atoms with Gasteiger partial charge in [-0.25, -0.2) is 0 Å². The standard InChI is InChI=1S/C18H28N2/c1-14-3-5-17(6-4-14)12-20-11-15(2)9-18(13-20)19-10-16-7-8-16/h3-6,15-16,18-19H,7-13H2,1-2H3. The molecular formula is C18H28N2. The Hall–Kier alpha value is -0.860. The molecule has 1 aliphatic carbocycles. The molecule has 1 aromatic rings. The van der Waals surface area contributed by atoms with Crippen molar-refractivity contribution >= 4 is 0 Å². The molecule has 2 unspecified atom stereocenters. The highest BCUT2D eigenvalue weighted by Crippen LogP contribution is 2.28. The molecule has 0 aromatic heterocycles. The number of rotatable bonds is 5. The molecular weight excluding hydrogens is 244 g/mol. The van der Waals surface area contributed by atoms with Crippen molar-refractivity contribution in [1.29, 1.82) is 0 Å². The van der Waals surface area contributed by atoms with E-state index >= 15 is 0 Å². The normalized spacial score (nSPS) is 27.7. The van der Waals surface area contributed by atoms with Crippen molar-refractivity contribution in [2.45, 2.75) is 45.7 Å². The quantitative estimate of drug-likeness (QED) is 0.885. The van der Waals surface area contributed by atoms with Gasteiger partial charge in [-0.05, 0) is 50.1 Å². The lowest BCUT2D eigenvalue weighted by Gasteiger charge is -2.37. The minimum absolute atomic E-state index is 0.699. The Balaban J connectivity index is 1.53. The zero-order valence-corrected chi connectivity index (χ0v) is 12.9. The summed E-state index contributed by atoms with van der Waals surface area (Å²) in [6.07, 6.45) is 4.24. The van der Waals surface area contributed by atoms with Gasteiger partial charge in [0.15, 0.2) is 0 Å². The zero-order chi connectivity index (χ0) is 13.9. The minimum atomic E-state index is 0.699. The van der Waals surface area contributed by atoms with Gasteiger partial charge in [0.25, 0.3) is 0 Å². The molecule has 2 heteroatoms. The number of piperidine rings is 1. The zero-order valence-electron chi connectivity index (χ0n) is 12.9. The maximum atomic E-state index is 3.80. The van der Waals surface area contributed by atoms with Crippen LogP contribution in [0.1, 0.15) is 37.3 Å². The van der Waals surface area contributed by atoms with Crippen molar-refractivity contribution in [3.05, 3.63) is 35.4 Å². The van der Waals surface area contributed by atoms with Gasteiger partial charge in [-0.1, -0.05) is 36.8 Å². The van der Waals surface area contributed by atoms with Crippen molar-refractivity contribution in [1.82, 2.24) is 10.2 Å². The summed E-state index contributed by atoms with van der Waals surface area (Å²) in [5, 5.41) is 3.80. The predicted octanol–water partition coefficient (Wildman–Crippen LogP) is 3.21. The van der Waals surface area contributed by atoms with Crippen molar-refractivity contribution in [2.75, 3.05) is 19.6 Å². The molecule has 2 atom stereocenters. The second kappa shape index (κ2) is 6.28. The van der Waals surface area contributed by atoms with Gasteiger partial charge in [-0.3, -0.25) is 4.90 Å². The summed E-state index contributed by atoms with van der Waals surface area (Å²) in [7, 11) is 0.